The second-order valence-electron chi connectivity index (χ2n) is 6.40. The largest absolute Gasteiger partial charge is 0.477 e. The van der Waals surface area contributed by atoms with Gasteiger partial charge in [-0.05, 0) is 12.1 Å². The molecule has 0 aliphatic carbocycles. The lowest BCUT2D eigenvalue weighted by atomic mass is 10.2. The first-order valence-electron chi connectivity index (χ1n) is 8.85. The maximum Gasteiger partial charge on any atom is 0.257 e. The zero-order valence-corrected chi connectivity index (χ0v) is 15.2. The number of nitrogens with zero attached hydrogens (tertiary/aromatic N) is 1. The average molecular weight is 376 g/mol. The minimum absolute atomic E-state index is 0.0155. The molecule has 1 amide bonds. The van der Waals surface area contributed by atoms with Crippen LogP contribution in [0.2, 0.25) is 0 Å². The third-order valence-electron chi connectivity index (χ3n) is 4.58. The summed E-state index contributed by atoms with van der Waals surface area (Å²) in [5.74, 6) is 0.0401. The Kier molecular flexibility index (Phi) is 6.08. The second-order valence-corrected chi connectivity index (χ2v) is 6.40. The molecular weight excluding hydrogens is 353 g/mol. The Bertz CT molecular complexity index is 847. The van der Waals surface area contributed by atoms with Crippen LogP contribution in [0.15, 0.2) is 45.8 Å². The van der Waals surface area contributed by atoms with Crippen molar-refractivity contribution >= 4 is 11.6 Å². The van der Waals surface area contributed by atoms with Crippen molar-refractivity contribution in [1.82, 2.24) is 5.32 Å². The summed E-state index contributed by atoms with van der Waals surface area (Å²) in [5, 5.41) is 2.41. The van der Waals surface area contributed by atoms with E-state index < -0.39 is 0 Å². The molecule has 1 aliphatic rings. The van der Waals surface area contributed by atoms with Crippen molar-refractivity contribution in [2.75, 3.05) is 44.7 Å². The fourth-order valence-electron chi connectivity index (χ4n) is 3.05. The summed E-state index contributed by atoms with van der Waals surface area (Å²) in [4.78, 5) is 26.5. The highest BCUT2D eigenvalue weighted by molar-refractivity contribution is 5.77. The van der Waals surface area contributed by atoms with E-state index in [-0.39, 0.29) is 29.5 Å². The number of quaternary nitrogens is 1. The smallest absolute Gasteiger partial charge is 0.257 e. The van der Waals surface area contributed by atoms with Crippen LogP contribution in [0.25, 0.3) is 0 Å². The van der Waals surface area contributed by atoms with Crippen molar-refractivity contribution in [3.63, 3.8) is 0 Å². The molecule has 8 heteroatoms. The monoisotopic (exact) mass is 376 g/mol. The molecule has 1 aliphatic heterocycles. The lowest BCUT2D eigenvalue weighted by Gasteiger charge is -2.33. The van der Waals surface area contributed by atoms with Crippen molar-refractivity contribution in [1.29, 1.82) is 0 Å². The minimum atomic E-state index is -0.323. The molecule has 7 nitrogen and oxygen atoms in total. The summed E-state index contributed by atoms with van der Waals surface area (Å²) >= 11 is 0. The lowest BCUT2D eigenvalue weighted by molar-refractivity contribution is -0.915. The Morgan fingerprint density at radius 2 is 2.07 bits per heavy atom. The number of carbonyl (C=O) groups is 1. The molecule has 0 saturated carbocycles. The molecule has 1 saturated heterocycles. The van der Waals surface area contributed by atoms with Gasteiger partial charge in [-0.1, -0.05) is 12.1 Å². The highest BCUT2D eigenvalue weighted by Gasteiger charge is 2.23. The Hall–Kier alpha value is -2.87. The molecule has 1 aromatic heterocycles. The van der Waals surface area contributed by atoms with Gasteiger partial charge < -0.3 is 24.3 Å². The highest BCUT2D eigenvalue weighted by Crippen LogP contribution is 2.18. The van der Waals surface area contributed by atoms with Gasteiger partial charge in [0.25, 0.3) is 5.91 Å². The van der Waals surface area contributed by atoms with E-state index in [1.807, 2.05) is 11.0 Å². The number of halogens is 1. The molecule has 1 fully saturated rings. The van der Waals surface area contributed by atoms with E-state index in [1.54, 1.807) is 12.1 Å². The topological polar surface area (TPSA) is 76.2 Å². The number of ether oxygens (including phenoxy) is 1. The predicted octanol–water partition coefficient (Wildman–Crippen LogP) is -0.191. The van der Waals surface area contributed by atoms with E-state index in [9.17, 15) is 14.0 Å². The van der Waals surface area contributed by atoms with Crippen LogP contribution in [-0.2, 0) is 11.3 Å². The molecule has 2 aromatic rings. The van der Waals surface area contributed by atoms with Gasteiger partial charge in [-0.25, -0.2) is 4.39 Å². The quantitative estimate of drug-likeness (QED) is 0.731. The van der Waals surface area contributed by atoms with Crippen LogP contribution in [0.1, 0.15) is 5.76 Å². The van der Waals surface area contributed by atoms with Gasteiger partial charge in [-0.2, -0.15) is 0 Å². The molecule has 0 bridgehead atoms. The van der Waals surface area contributed by atoms with Gasteiger partial charge in [-0.3, -0.25) is 9.59 Å². The molecule has 0 spiro atoms. The minimum Gasteiger partial charge on any atom is -0.477 e. The van der Waals surface area contributed by atoms with Crippen LogP contribution in [0.4, 0.5) is 10.1 Å². The number of benzene rings is 1. The SMILES string of the molecule is CNC(=O)COc1coc(C[NH+]2CCN(c3ccccc3F)CC2)cc1=O. The number of hydrogen-bond acceptors (Lipinski definition) is 5. The van der Waals surface area contributed by atoms with Crippen molar-refractivity contribution in [2.24, 2.45) is 0 Å². The van der Waals surface area contributed by atoms with E-state index in [1.165, 1.54) is 30.3 Å². The van der Waals surface area contributed by atoms with Gasteiger partial charge in [0, 0.05) is 13.1 Å². The number of hydrogen-bond donors (Lipinski definition) is 2. The molecular formula is C19H23FN3O4+. The van der Waals surface area contributed by atoms with E-state index in [0.717, 1.165) is 26.2 Å². The number of anilines is 1. The summed E-state index contributed by atoms with van der Waals surface area (Å²) in [5.41, 5.74) is 0.310. The van der Waals surface area contributed by atoms with Crippen molar-refractivity contribution in [3.05, 3.63) is 58.4 Å². The van der Waals surface area contributed by atoms with E-state index in [4.69, 9.17) is 9.15 Å². The van der Waals surface area contributed by atoms with Gasteiger partial charge >= 0.3 is 0 Å². The van der Waals surface area contributed by atoms with Crippen LogP contribution in [0, 0.1) is 5.82 Å². The molecule has 2 heterocycles. The fraction of sp³-hybridized carbons (Fsp3) is 0.368. The Balaban J connectivity index is 1.54. The average Bonchev–Trinajstić information content (AvgIpc) is 2.68. The number of piperazine rings is 1. The summed E-state index contributed by atoms with van der Waals surface area (Å²) in [6.07, 6.45) is 1.25. The third kappa shape index (κ3) is 4.85. The lowest BCUT2D eigenvalue weighted by Crippen LogP contribution is -3.13. The maximum absolute atomic E-state index is 13.9. The predicted molar refractivity (Wildman–Crippen MR) is 97.6 cm³/mol. The summed E-state index contributed by atoms with van der Waals surface area (Å²) < 4.78 is 24.5. The van der Waals surface area contributed by atoms with E-state index >= 15 is 0 Å². The van der Waals surface area contributed by atoms with Gasteiger partial charge in [0.15, 0.2) is 12.4 Å². The maximum atomic E-state index is 13.9. The number of nitrogens with one attached hydrogen (secondary N) is 2. The molecule has 27 heavy (non-hydrogen) atoms. The van der Waals surface area contributed by atoms with Crippen LogP contribution in [0.5, 0.6) is 5.75 Å². The Morgan fingerprint density at radius 1 is 1.33 bits per heavy atom. The van der Waals surface area contributed by atoms with E-state index in [0.29, 0.717) is 18.0 Å². The van der Waals surface area contributed by atoms with Crippen LogP contribution in [-0.4, -0.2) is 45.7 Å². The second kappa shape index (κ2) is 8.68. The van der Waals surface area contributed by atoms with Crippen LogP contribution in [0.3, 0.4) is 0 Å². The number of amides is 1. The van der Waals surface area contributed by atoms with Crippen LogP contribution >= 0.6 is 0 Å². The van der Waals surface area contributed by atoms with Crippen LogP contribution < -0.4 is 25.3 Å². The summed E-state index contributed by atoms with van der Waals surface area (Å²) in [6, 6.07) is 8.17. The van der Waals surface area contributed by atoms with E-state index in [2.05, 4.69) is 5.32 Å². The Morgan fingerprint density at radius 3 is 2.74 bits per heavy atom. The number of para-hydroxylation sites is 1. The summed E-state index contributed by atoms with van der Waals surface area (Å²) in [7, 11) is 1.49. The summed E-state index contributed by atoms with van der Waals surface area (Å²) in [6.45, 7) is 3.42. The van der Waals surface area contributed by atoms with Crippen molar-refractivity contribution < 1.29 is 23.2 Å². The highest BCUT2D eigenvalue weighted by atomic mass is 19.1. The van der Waals surface area contributed by atoms with Gasteiger partial charge in [0.1, 0.15) is 18.6 Å². The standard InChI is InChI=1S/C19H22FN3O4/c1-21-19(25)13-27-18-12-26-14(10-17(18)24)11-22-6-8-23(9-7-22)16-5-3-2-4-15(16)20/h2-5,10,12H,6-9,11,13H2,1H3,(H,21,25)/p+1. The molecule has 0 radical (unpaired) electrons. The normalized spacial score (nSPS) is 14.8. The zero-order valence-electron chi connectivity index (χ0n) is 15.2. The van der Waals surface area contributed by atoms with Crippen molar-refractivity contribution in [3.8, 4) is 5.75 Å². The van der Waals surface area contributed by atoms with Gasteiger partial charge in [-0.15, -0.1) is 0 Å². The Labute approximate surface area is 156 Å². The molecule has 0 unspecified atom stereocenters. The number of likely N-dealkylation sites (N-methyl/N-ethyl adjacent to an activating group) is 1. The third-order valence-corrected chi connectivity index (χ3v) is 4.58. The van der Waals surface area contributed by atoms with Gasteiger partial charge in [0.2, 0.25) is 11.2 Å². The fourth-order valence-corrected chi connectivity index (χ4v) is 3.05. The first-order chi connectivity index (χ1) is 13.1. The number of rotatable bonds is 6. The van der Waals surface area contributed by atoms with Gasteiger partial charge in [0.05, 0.1) is 31.9 Å². The molecule has 0 atom stereocenters. The molecule has 144 valence electrons. The number of carbonyl (C=O) groups excluding carboxylic acids is 1. The molecule has 1 aromatic carbocycles. The zero-order chi connectivity index (χ0) is 19.2. The molecule has 3 rings (SSSR count). The molecule has 2 N–H and O–H groups in total. The first-order valence-corrected chi connectivity index (χ1v) is 8.85. The first kappa shape index (κ1) is 18.9. The van der Waals surface area contributed by atoms with Crippen molar-refractivity contribution in [2.45, 2.75) is 6.54 Å².